The zero-order chi connectivity index (χ0) is 18.8. The third-order valence-electron chi connectivity index (χ3n) is 4.21. The van der Waals surface area contributed by atoms with Gasteiger partial charge in [0.2, 0.25) is 5.91 Å². The number of benzene rings is 1. The lowest BCUT2D eigenvalue weighted by Crippen LogP contribution is -2.44. The van der Waals surface area contributed by atoms with Crippen LogP contribution in [-0.2, 0) is 4.79 Å². The number of nitrogens with one attached hydrogen (secondary N) is 1. The number of phenolic OH excluding ortho intramolecular Hbond substituents is 1. The molecule has 0 aromatic heterocycles. The molecular weight excluding hydrogens is 422 g/mol. The highest BCUT2D eigenvalue weighted by Crippen LogP contribution is 2.41. The molecule has 0 spiro atoms. The Morgan fingerprint density at radius 1 is 1.40 bits per heavy atom. The number of aromatic hydroxyl groups is 1. The first kappa shape index (κ1) is 20.0. The smallest absolute Gasteiger partial charge is 0.250 e. The summed E-state index contributed by atoms with van der Waals surface area (Å²) in [7, 11) is -2.01. The molecule has 2 rings (SSSR count). The normalized spacial score (nSPS) is 17.4. The minimum atomic E-state index is -2.01. The van der Waals surface area contributed by atoms with E-state index in [1.807, 2.05) is 0 Å². The number of amidine groups is 1. The SMILES string of the molecule is CC(C)(C)[Si](C)(C)Oc1ccc(O)c(C=NN=C2NC(=O)CS2)c1Br. The van der Waals surface area contributed by atoms with E-state index in [0.29, 0.717) is 26.7 Å². The average Bonchev–Trinajstić information content (AvgIpc) is 2.90. The van der Waals surface area contributed by atoms with Crippen molar-refractivity contribution in [3.8, 4) is 11.5 Å². The van der Waals surface area contributed by atoms with Gasteiger partial charge in [-0.1, -0.05) is 32.5 Å². The number of carbonyl (C=O) groups excluding carboxylic acids is 1. The third-order valence-corrected chi connectivity index (χ3v) is 10.2. The Morgan fingerprint density at radius 2 is 2.08 bits per heavy atom. The van der Waals surface area contributed by atoms with Gasteiger partial charge in [-0.25, -0.2) is 0 Å². The first-order valence-corrected chi connectivity index (χ1v) is 12.4. The molecule has 1 aromatic carbocycles. The van der Waals surface area contributed by atoms with E-state index in [1.54, 1.807) is 12.1 Å². The molecular formula is C16H22BrN3O3SSi. The molecule has 1 aliphatic rings. The lowest BCUT2D eigenvalue weighted by atomic mass is 10.2. The molecule has 1 aliphatic heterocycles. The van der Waals surface area contributed by atoms with Crippen LogP contribution >= 0.6 is 27.7 Å². The Labute approximate surface area is 161 Å². The highest BCUT2D eigenvalue weighted by atomic mass is 79.9. The van der Waals surface area contributed by atoms with Crippen LogP contribution in [0.4, 0.5) is 0 Å². The zero-order valence-electron chi connectivity index (χ0n) is 14.9. The first-order valence-electron chi connectivity index (χ1n) is 7.75. The third kappa shape index (κ3) is 4.86. The van der Waals surface area contributed by atoms with E-state index < -0.39 is 8.32 Å². The van der Waals surface area contributed by atoms with Gasteiger partial charge in [-0.2, -0.15) is 5.10 Å². The summed E-state index contributed by atoms with van der Waals surface area (Å²) in [5.74, 6) is 0.996. The molecule has 25 heavy (non-hydrogen) atoms. The molecule has 1 heterocycles. The minimum Gasteiger partial charge on any atom is -0.543 e. The maximum Gasteiger partial charge on any atom is 0.250 e. The summed E-state index contributed by atoms with van der Waals surface area (Å²) >= 11 is 4.79. The maximum atomic E-state index is 11.1. The van der Waals surface area contributed by atoms with Crippen molar-refractivity contribution in [2.45, 2.75) is 38.9 Å². The molecule has 0 saturated carbocycles. The lowest BCUT2D eigenvalue weighted by molar-refractivity contribution is -0.116. The number of halogens is 1. The summed E-state index contributed by atoms with van der Waals surface area (Å²) in [5.41, 5.74) is 0.481. The van der Waals surface area contributed by atoms with Crippen molar-refractivity contribution in [1.29, 1.82) is 0 Å². The lowest BCUT2D eigenvalue weighted by Gasteiger charge is -2.36. The van der Waals surface area contributed by atoms with Crippen molar-refractivity contribution in [1.82, 2.24) is 5.32 Å². The number of amides is 1. The van der Waals surface area contributed by atoms with E-state index in [2.05, 4.69) is 65.3 Å². The van der Waals surface area contributed by atoms with E-state index in [0.717, 1.165) is 0 Å². The maximum absolute atomic E-state index is 11.1. The van der Waals surface area contributed by atoms with E-state index in [9.17, 15) is 9.90 Å². The zero-order valence-corrected chi connectivity index (χ0v) is 18.3. The van der Waals surface area contributed by atoms with Gasteiger partial charge in [0.05, 0.1) is 22.0 Å². The Balaban J connectivity index is 2.26. The van der Waals surface area contributed by atoms with Crippen molar-refractivity contribution in [2.75, 3.05) is 5.75 Å². The minimum absolute atomic E-state index is 0.0580. The number of rotatable bonds is 4. The largest absolute Gasteiger partial charge is 0.543 e. The predicted octanol–water partition coefficient (Wildman–Crippen LogP) is 4.09. The fourth-order valence-electron chi connectivity index (χ4n) is 1.71. The standard InChI is InChI=1S/C16H22BrN3O3SSi/c1-16(2,3)25(4,5)23-12-7-6-11(21)10(14(12)17)8-18-20-15-19-13(22)9-24-15/h6-8,21H,9H2,1-5H3,(H,19,20,22). The number of carbonyl (C=O) groups is 1. The monoisotopic (exact) mass is 443 g/mol. The number of thioether (sulfide) groups is 1. The Kier molecular flexibility index (Phi) is 6.00. The Morgan fingerprint density at radius 3 is 2.64 bits per heavy atom. The summed E-state index contributed by atoms with van der Waals surface area (Å²) in [6.45, 7) is 10.8. The van der Waals surface area contributed by atoms with Gasteiger partial charge in [-0.05, 0) is 46.2 Å². The van der Waals surface area contributed by atoms with Crippen molar-refractivity contribution in [3.63, 3.8) is 0 Å². The van der Waals surface area contributed by atoms with Crippen molar-refractivity contribution in [2.24, 2.45) is 10.2 Å². The molecule has 0 unspecified atom stereocenters. The average molecular weight is 444 g/mol. The summed E-state index contributed by atoms with van der Waals surface area (Å²) in [6, 6.07) is 3.32. The summed E-state index contributed by atoms with van der Waals surface area (Å²) in [6.07, 6.45) is 1.44. The van der Waals surface area contributed by atoms with Gasteiger partial charge in [0.15, 0.2) is 5.17 Å². The second-order valence-electron chi connectivity index (χ2n) is 7.16. The van der Waals surface area contributed by atoms with E-state index in [1.165, 1.54) is 18.0 Å². The van der Waals surface area contributed by atoms with Crippen molar-refractivity contribution < 1.29 is 14.3 Å². The van der Waals surface area contributed by atoms with Gasteiger partial charge >= 0.3 is 0 Å². The molecule has 1 aromatic rings. The van der Waals surface area contributed by atoms with E-state index in [-0.39, 0.29) is 16.7 Å². The van der Waals surface area contributed by atoms with E-state index >= 15 is 0 Å². The van der Waals surface area contributed by atoms with Crippen LogP contribution in [-0.4, -0.2) is 36.5 Å². The molecule has 9 heteroatoms. The van der Waals surface area contributed by atoms with Crippen LogP contribution in [0, 0.1) is 0 Å². The molecule has 0 radical (unpaired) electrons. The van der Waals surface area contributed by atoms with Crippen LogP contribution in [0.15, 0.2) is 26.8 Å². The number of nitrogens with zero attached hydrogens (tertiary/aromatic N) is 2. The van der Waals surface area contributed by atoms with Crippen molar-refractivity contribution in [3.05, 3.63) is 22.2 Å². The fourth-order valence-corrected chi connectivity index (χ4v) is 4.04. The fraction of sp³-hybridized carbons (Fsp3) is 0.438. The topological polar surface area (TPSA) is 83.3 Å². The first-order chi connectivity index (χ1) is 11.5. The van der Waals surface area contributed by atoms with Gasteiger partial charge in [0.1, 0.15) is 11.5 Å². The summed E-state index contributed by atoms with van der Waals surface area (Å²) in [4.78, 5) is 11.1. The highest BCUT2D eigenvalue weighted by molar-refractivity contribution is 9.10. The second-order valence-corrected chi connectivity index (χ2v) is 13.6. The number of hydrogen-bond acceptors (Lipinski definition) is 6. The van der Waals surface area contributed by atoms with Gasteiger partial charge in [-0.15, -0.1) is 5.10 Å². The molecule has 136 valence electrons. The predicted molar refractivity (Wildman–Crippen MR) is 109 cm³/mol. The van der Waals surface area contributed by atoms with Crippen LogP contribution < -0.4 is 9.74 Å². The second kappa shape index (κ2) is 7.51. The number of hydrogen-bond donors (Lipinski definition) is 2. The summed E-state index contributed by atoms with van der Waals surface area (Å²) < 4.78 is 6.94. The molecule has 0 bridgehead atoms. The van der Waals surface area contributed by atoms with Gasteiger partial charge in [-0.3, -0.25) is 4.79 Å². The van der Waals surface area contributed by atoms with Crippen LogP contribution in [0.25, 0.3) is 0 Å². The Hall–Kier alpha value is -1.32. The molecule has 0 aliphatic carbocycles. The Bertz CT molecular complexity index is 745. The van der Waals surface area contributed by atoms with Gasteiger partial charge in [0.25, 0.3) is 8.32 Å². The summed E-state index contributed by atoms with van der Waals surface area (Å²) in [5, 5.41) is 21.1. The van der Waals surface area contributed by atoms with Crippen LogP contribution in [0.2, 0.25) is 18.1 Å². The molecule has 6 nitrogen and oxygen atoms in total. The van der Waals surface area contributed by atoms with Crippen LogP contribution in [0.1, 0.15) is 26.3 Å². The van der Waals surface area contributed by atoms with Gasteiger partial charge < -0.3 is 14.8 Å². The molecule has 1 amide bonds. The van der Waals surface area contributed by atoms with Crippen molar-refractivity contribution >= 4 is 53.3 Å². The molecule has 1 fully saturated rings. The van der Waals surface area contributed by atoms with Crippen LogP contribution in [0.3, 0.4) is 0 Å². The van der Waals surface area contributed by atoms with Crippen LogP contribution in [0.5, 0.6) is 11.5 Å². The van der Waals surface area contributed by atoms with E-state index in [4.69, 9.17) is 4.43 Å². The van der Waals surface area contributed by atoms with Gasteiger partial charge in [0, 0.05) is 0 Å². The molecule has 1 saturated heterocycles. The molecule has 2 N–H and O–H groups in total. The molecule has 0 atom stereocenters. The highest BCUT2D eigenvalue weighted by Gasteiger charge is 2.39. The number of phenols is 1. The quantitative estimate of drug-likeness (QED) is 0.416.